The molecule has 72 valence electrons. The molecule has 0 amide bonds. The van der Waals surface area contributed by atoms with Gasteiger partial charge in [-0.05, 0) is 6.07 Å². The summed E-state index contributed by atoms with van der Waals surface area (Å²) < 4.78 is 4.92. The summed E-state index contributed by atoms with van der Waals surface area (Å²) in [6, 6.07) is 6.84. The van der Waals surface area contributed by atoms with Crippen molar-refractivity contribution in [1.29, 1.82) is 0 Å². The fraction of sp³-hybridized carbons (Fsp3) is 0.200. The Bertz CT molecular complexity index is 395. The van der Waals surface area contributed by atoms with Gasteiger partial charge in [0, 0.05) is 5.56 Å². The van der Waals surface area contributed by atoms with Crippen molar-refractivity contribution in [3.05, 3.63) is 35.4 Å². The van der Waals surface area contributed by atoms with Gasteiger partial charge >= 0.3 is 11.9 Å². The van der Waals surface area contributed by atoms with Crippen molar-refractivity contribution >= 4 is 11.9 Å². The van der Waals surface area contributed by atoms with Crippen molar-refractivity contribution in [1.82, 2.24) is 0 Å². The second-order valence-corrected chi connectivity index (χ2v) is 3.08. The number of hydrogen-bond donors (Lipinski definition) is 1. The van der Waals surface area contributed by atoms with Gasteiger partial charge in [0.1, 0.15) is 6.10 Å². The van der Waals surface area contributed by atoms with Gasteiger partial charge in [-0.2, -0.15) is 0 Å². The van der Waals surface area contributed by atoms with Crippen molar-refractivity contribution in [3.63, 3.8) is 0 Å². The zero-order valence-electron chi connectivity index (χ0n) is 7.27. The molecule has 0 saturated carbocycles. The number of carboxylic acid groups (broad SMARTS) is 1. The van der Waals surface area contributed by atoms with Crippen molar-refractivity contribution < 1.29 is 19.4 Å². The maximum atomic E-state index is 11.2. The van der Waals surface area contributed by atoms with E-state index in [1.165, 1.54) is 0 Å². The molecular weight excluding hydrogens is 184 g/mol. The van der Waals surface area contributed by atoms with Crippen LogP contribution in [0.4, 0.5) is 0 Å². The number of carbonyl (C=O) groups excluding carboxylic acids is 1. The molecule has 4 heteroatoms. The van der Waals surface area contributed by atoms with Crippen LogP contribution in [0.3, 0.4) is 0 Å². The SMILES string of the molecule is O=C(O)C[C@@H]1OC(=O)c2ccccc21. The normalized spacial score (nSPS) is 18.9. The van der Waals surface area contributed by atoms with Crippen LogP contribution in [-0.2, 0) is 9.53 Å². The standard InChI is InChI=1S/C10H8O4/c11-9(12)5-8-6-3-1-2-4-7(6)10(13)14-8/h1-4,8H,5H2,(H,11,12)/t8-/m0/s1. The van der Waals surface area contributed by atoms with Crippen molar-refractivity contribution in [3.8, 4) is 0 Å². The lowest BCUT2D eigenvalue weighted by atomic mass is 10.0. The van der Waals surface area contributed by atoms with Crippen molar-refractivity contribution in [2.45, 2.75) is 12.5 Å². The summed E-state index contributed by atoms with van der Waals surface area (Å²) in [4.78, 5) is 21.7. The first kappa shape index (κ1) is 8.74. The summed E-state index contributed by atoms with van der Waals surface area (Å²) in [6.07, 6.45) is -0.806. The quantitative estimate of drug-likeness (QED) is 0.719. The zero-order valence-corrected chi connectivity index (χ0v) is 7.27. The van der Waals surface area contributed by atoms with Crippen LogP contribution in [0, 0.1) is 0 Å². The molecule has 0 unspecified atom stereocenters. The lowest BCUT2D eigenvalue weighted by molar-refractivity contribution is -0.139. The highest BCUT2D eigenvalue weighted by Gasteiger charge is 2.31. The molecule has 1 aromatic rings. The number of benzene rings is 1. The first-order valence-corrected chi connectivity index (χ1v) is 4.20. The average molecular weight is 192 g/mol. The highest BCUT2D eigenvalue weighted by Crippen LogP contribution is 2.32. The number of hydrogen-bond acceptors (Lipinski definition) is 3. The number of carbonyl (C=O) groups is 2. The largest absolute Gasteiger partial charge is 0.481 e. The van der Waals surface area contributed by atoms with E-state index in [0.717, 1.165) is 0 Å². The maximum absolute atomic E-state index is 11.2. The number of fused-ring (bicyclic) bond motifs is 1. The lowest BCUT2D eigenvalue weighted by Crippen LogP contribution is -2.05. The first-order chi connectivity index (χ1) is 6.68. The minimum Gasteiger partial charge on any atom is -0.481 e. The Balaban J connectivity index is 2.34. The fourth-order valence-electron chi connectivity index (χ4n) is 1.53. The van der Waals surface area contributed by atoms with E-state index >= 15 is 0 Å². The number of cyclic esters (lactones) is 1. The summed E-state index contributed by atoms with van der Waals surface area (Å²) in [6.45, 7) is 0. The summed E-state index contributed by atoms with van der Waals surface area (Å²) in [7, 11) is 0. The van der Waals surface area contributed by atoms with E-state index in [1.807, 2.05) is 0 Å². The first-order valence-electron chi connectivity index (χ1n) is 4.20. The van der Waals surface area contributed by atoms with Gasteiger partial charge in [-0.25, -0.2) is 4.79 Å². The fourth-order valence-corrected chi connectivity index (χ4v) is 1.53. The van der Waals surface area contributed by atoms with E-state index in [0.29, 0.717) is 11.1 Å². The third kappa shape index (κ3) is 1.35. The Labute approximate surface area is 80.1 Å². The van der Waals surface area contributed by atoms with Gasteiger partial charge in [0.05, 0.1) is 12.0 Å². The maximum Gasteiger partial charge on any atom is 0.339 e. The van der Waals surface area contributed by atoms with E-state index in [2.05, 4.69) is 0 Å². The van der Waals surface area contributed by atoms with Crippen LogP contribution in [-0.4, -0.2) is 17.0 Å². The van der Waals surface area contributed by atoms with Crippen LogP contribution < -0.4 is 0 Å². The Kier molecular flexibility index (Phi) is 1.96. The lowest BCUT2D eigenvalue weighted by Gasteiger charge is -2.06. The molecule has 1 heterocycles. The van der Waals surface area contributed by atoms with Crippen LogP contribution in [0.1, 0.15) is 28.4 Å². The molecular formula is C10H8O4. The van der Waals surface area contributed by atoms with Gasteiger partial charge in [0.25, 0.3) is 0 Å². The number of rotatable bonds is 2. The summed E-state index contributed by atoms with van der Waals surface area (Å²) in [5, 5.41) is 8.59. The highest BCUT2D eigenvalue weighted by molar-refractivity contribution is 5.94. The van der Waals surface area contributed by atoms with Gasteiger partial charge < -0.3 is 9.84 Å². The molecule has 1 aliphatic heterocycles. The monoisotopic (exact) mass is 192 g/mol. The second kappa shape index (κ2) is 3.14. The number of ether oxygens (including phenoxy) is 1. The molecule has 1 aliphatic rings. The second-order valence-electron chi connectivity index (χ2n) is 3.08. The molecule has 1 atom stereocenters. The van der Waals surface area contributed by atoms with E-state index in [1.54, 1.807) is 24.3 Å². The van der Waals surface area contributed by atoms with Gasteiger partial charge in [0.15, 0.2) is 0 Å². The molecule has 0 aromatic heterocycles. The molecule has 0 aliphatic carbocycles. The van der Waals surface area contributed by atoms with Crippen molar-refractivity contribution in [2.75, 3.05) is 0 Å². The van der Waals surface area contributed by atoms with Crippen LogP contribution in [0.15, 0.2) is 24.3 Å². The van der Waals surface area contributed by atoms with Crippen LogP contribution in [0.5, 0.6) is 0 Å². The van der Waals surface area contributed by atoms with Gasteiger partial charge in [-0.1, -0.05) is 18.2 Å². The van der Waals surface area contributed by atoms with Gasteiger partial charge in [0.2, 0.25) is 0 Å². The van der Waals surface area contributed by atoms with Gasteiger partial charge in [-0.15, -0.1) is 0 Å². The molecule has 0 saturated heterocycles. The van der Waals surface area contributed by atoms with E-state index in [9.17, 15) is 9.59 Å². The summed E-state index contributed by atoms with van der Waals surface area (Å²) in [5.41, 5.74) is 1.14. The number of aliphatic carboxylic acids is 1. The topological polar surface area (TPSA) is 63.6 Å². The predicted octanol–water partition coefficient (Wildman–Crippen LogP) is 1.37. The third-order valence-electron chi connectivity index (χ3n) is 2.14. The molecule has 0 radical (unpaired) electrons. The summed E-state index contributed by atoms with van der Waals surface area (Å²) in [5.74, 6) is -1.41. The average Bonchev–Trinajstić information content (AvgIpc) is 2.44. The minimum absolute atomic E-state index is 0.178. The molecule has 2 rings (SSSR count). The van der Waals surface area contributed by atoms with Gasteiger partial charge in [-0.3, -0.25) is 4.79 Å². The molecule has 0 bridgehead atoms. The Morgan fingerprint density at radius 2 is 2.14 bits per heavy atom. The van der Waals surface area contributed by atoms with E-state index < -0.39 is 18.0 Å². The number of carboxylic acids is 1. The van der Waals surface area contributed by atoms with Crippen LogP contribution >= 0.6 is 0 Å². The number of esters is 1. The Morgan fingerprint density at radius 3 is 2.86 bits per heavy atom. The molecule has 0 fully saturated rings. The highest BCUT2D eigenvalue weighted by atomic mass is 16.5. The smallest absolute Gasteiger partial charge is 0.339 e. The molecule has 0 spiro atoms. The Hall–Kier alpha value is -1.84. The van der Waals surface area contributed by atoms with E-state index in [4.69, 9.17) is 9.84 Å². The van der Waals surface area contributed by atoms with Crippen LogP contribution in [0.25, 0.3) is 0 Å². The summed E-state index contributed by atoms with van der Waals surface area (Å²) >= 11 is 0. The minimum atomic E-state index is -0.973. The third-order valence-corrected chi connectivity index (χ3v) is 2.14. The predicted molar refractivity (Wildman–Crippen MR) is 46.9 cm³/mol. The van der Waals surface area contributed by atoms with E-state index in [-0.39, 0.29) is 6.42 Å². The molecule has 14 heavy (non-hydrogen) atoms. The molecule has 1 aromatic carbocycles. The Morgan fingerprint density at radius 1 is 1.43 bits per heavy atom. The molecule has 4 nitrogen and oxygen atoms in total. The molecule has 1 N–H and O–H groups in total. The van der Waals surface area contributed by atoms with Crippen molar-refractivity contribution in [2.24, 2.45) is 0 Å². The van der Waals surface area contributed by atoms with Crippen LogP contribution in [0.2, 0.25) is 0 Å². The zero-order chi connectivity index (χ0) is 10.1.